The minimum atomic E-state index is -0.661. The first-order valence-corrected chi connectivity index (χ1v) is 8.16. The number of hydrogen-bond donors (Lipinski definition) is 3. The number of hydrogen-bond acceptors (Lipinski definition) is 3. The fourth-order valence-electron chi connectivity index (χ4n) is 3.31. The van der Waals surface area contributed by atoms with Gasteiger partial charge in [-0.1, -0.05) is 43.7 Å². The van der Waals surface area contributed by atoms with Crippen LogP contribution in [0.25, 0.3) is 0 Å². The molecule has 5 N–H and O–H groups in total. The molecule has 6 nitrogen and oxygen atoms in total. The first-order chi connectivity index (χ1) is 11.1. The number of nitrogens with one attached hydrogen (secondary N) is 1. The minimum Gasteiger partial charge on any atom is -0.352 e. The van der Waals surface area contributed by atoms with E-state index in [1.807, 2.05) is 30.0 Å². The molecule has 1 aliphatic rings. The van der Waals surface area contributed by atoms with Gasteiger partial charge < -0.3 is 21.7 Å². The monoisotopic (exact) mass is 318 g/mol. The lowest BCUT2D eigenvalue weighted by molar-refractivity contribution is -0.132. The average Bonchev–Trinajstić information content (AvgIpc) is 2.98. The normalized spacial score (nSPS) is 21.9. The molecule has 0 saturated carbocycles. The second-order valence-electron chi connectivity index (χ2n) is 6.11. The summed E-state index contributed by atoms with van der Waals surface area (Å²) in [6, 6.07) is 8.92. The van der Waals surface area contributed by atoms with Gasteiger partial charge in [0.15, 0.2) is 0 Å². The van der Waals surface area contributed by atoms with Crippen molar-refractivity contribution >= 4 is 11.9 Å². The second kappa shape index (κ2) is 7.97. The van der Waals surface area contributed by atoms with Crippen molar-refractivity contribution in [3.05, 3.63) is 35.9 Å². The molecule has 0 unspecified atom stereocenters. The molecule has 3 atom stereocenters. The molecule has 3 amide bonds. The Bertz CT molecular complexity index is 535. The standard InChI is InChI=1S/C17H26N4O2/c1-2-6-15(20-17(19)23)16(22)21-10-13(9-18)14(11-21)12-7-4-3-5-8-12/h3-5,7-8,13-15H,2,6,9-11,18H2,1H3,(H3,19,20,23)/t13-,14+,15-/m1/s1. The largest absolute Gasteiger partial charge is 0.352 e. The third-order valence-electron chi connectivity index (χ3n) is 4.48. The zero-order valence-corrected chi connectivity index (χ0v) is 13.6. The maximum Gasteiger partial charge on any atom is 0.312 e. The smallest absolute Gasteiger partial charge is 0.312 e. The van der Waals surface area contributed by atoms with Crippen LogP contribution in [-0.2, 0) is 4.79 Å². The number of likely N-dealkylation sites (tertiary alicyclic amines) is 1. The van der Waals surface area contributed by atoms with Gasteiger partial charge in [-0.3, -0.25) is 4.79 Å². The van der Waals surface area contributed by atoms with Gasteiger partial charge in [0.1, 0.15) is 6.04 Å². The van der Waals surface area contributed by atoms with Crippen LogP contribution in [0.15, 0.2) is 30.3 Å². The van der Waals surface area contributed by atoms with Crippen molar-refractivity contribution in [1.82, 2.24) is 10.2 Å². The molecule has 1 aliphatic heterocycles. The van der Waals surface area contributed by atoms with Crippen LogP contribution in [-0.4, -0.2) is 42.5 Å². The summed E-state index contributed by atoms with van der Waals surface area (Å²) < 4.78 is 0. The number of rotatable bonds is 6. The van der Waals surface area contributed by atoms with Gasteiger partial charge in [-0.2, -0.15) is 0 Å². The highest BCUT2D eigenvalue weighted by molar-refractivity contribution is 5.86. The molecule has 6 heteroatoms. The van der Waals surface area contributed by atoms with Gasteiger partial charge in [-0.05, 0) is 24.4 Å². The highest BCUT2D eigenvalue weighted by Crippen LogP contribution is 2.32. The predicted octanol–water partition coefficient (Wildman–Crippen LogP) is 1.02. The van der Waals surface area contributed by atoms with E-state index in [9.17, 15) is 9.59 Å². The second-order valence-corrected chi connectivity index (χ2v) is 6.11. The summed E-state index contributed by atoms with van der Waals surface area (Å²) >= 11 is 0. The molecule has 0 aromatic heterocycles. The molecule has 0 spiro atoms. The molecule has 0 bridgehead atoms. The van der Waals surface area contributed by atoms with Gasteiger partial charge in [0.05, 0.1) is 0 Å². The van der Waals surface area contributed by atoms with Crippen LogP contribution in [0.1, 0.15) is 31.2 Å². The van der Waals surface area contributed by atoms with Crippen molar-refractivity contribution < 1.29 is 9.59 Å². The van der Waals surface area contributed by atoms with E-state index in [4.69, 9.17) is 11.5 Å². The highest BCUT2D eigenvalue weighted by Gasteiger charge is 2.37. The lowest BCUT2D eigenvalue weighted by Crippen LogP contribution is -2.49. The fourth-order valence-corrected chi connectivity index (χ4v) is 3.31. The first-order valence-electron chi connectivity index (χ1n) is 8.16. The number of amides is 3. The van der Waals surface area contributed by atoms with Crippen LogP contribution in [0.3, 0.4) is 0 Å². The van der Waals surface area contributed by atoms with Crippen molar-refractivity contribution in [2.24, 2.45) is 17.4 Å². The van der Waals surface area contributed by atoms with E-state index < -0.39 is 12.1 Å². The molecular formula is C17H26N4O2. The van der Waals surface area contributed by atoms with Crippen molar-refractivity contribution in [3.63, 3.8) is 0 Å². The summed E-state index contributed by atoms with van der Waals surface area (Å²) in [5.74, 6) is 0.403. The van der Waals surface area contributed by atoms with Gasteiger partial charge >= 0.3 is 6.03 Å². The number of benzene rings is 1. The number of primary amides is 1. The van der Waals surface area contributed by atoms with Crippen LogP contribution in [0.5, 0.6) is 0 Å². The maximum absolute atomic E-state index is 12.7. The van der Waals surface area contributed by atoms with Crippen LogP contribution in [0.2, 0.25) is 0 Å². The van der Waals surface area contributed by atoms with Crippen LogP contribution < -0.4 is 16.8 Å². The molecule has 2 rings (SSSR count). The van der Waals surface area contributed by atoms with E-state index in [-0.39, 0.29) is 17.7 Å². The van der Waals surface area contributed by atoms with Crippen LogP contribution >= 0.6 is 0 Å². The van der Waals surface area contributed by atoms with E-state index in [1.54, 1.807) is 0 Å². The summed E-state index contributed by atoms with van der Waals surface area (Å²) in [7, 11) is 0. The summed E-state index contributed by atoms with van der Waals surface area (Å²) in [4.78, 5) is 25.7. The third-order valence-corrected chi connectivity index (χ3v) is 4.48. The van der Waals surface area contributed by atoms with E-state index in [0.29, 0.717) is 26.1 Å². The highest BCUT2D eigenvalue weighted by atomic mass is 16.2. The number of nitrogens with two attached hydrogens (primary N) is 2. The SMILES string of the molecule is CCC[C@@H](NC(N)=O)C(=O)N1C[C@@H](CN)[C@H](c2ccccc2)C1. The van der Waals surface area contributed by atoms with Gasteiger partial charge in [0.25, 0.3) is 0 Å². The number of nitrogens with zero attached hydrogens (tertiary/aromatic N) is 1. The Morgan fingerprint density at radius 1 is 1.30 bits per heavy atom. The molecule has 0 aliphatic carbocycles. The molecule has 1 heterocycles. The van der Waals surface area contributed by atoms with Crippen LogP contribution in [0, 0.1) is 5.92 Å². The molecule has 1 aromatic rings. The van der Waals surface area contributed by atoms with E-state index in [2.05, 4.69) is 17.4 Å². The molecule has 126 valence electrons. The first kappa shape index (κ1) is 17.3. The lowest BCUT2D eigenvalue weighted by atomic mass is 9.89. The Hall–Kier alpha value is -2.08. The van der Waals surface area contributed by atoms with E-state index in [1.165, 1.54) is 5.56 Å². The Labute approximate surface area is 137 Å². The van der Waals surface area contributed by atoms with Gasteiger partial charge in [0.2, 0.25) is 5.91 Å². The number of urea groups is 1. The molecule has 23 heavy (non-hydrogen) atoms. The van der Waals surface area contributed by atoms with E-state index in [0.717, 1.165) is 6.42 Å². The van der Waals surface area contributed by atoms with Crippen molar-refractivity contribution in [1.29, 1.82) is 0 Å². The van der Waals surface area contributed by atoms with Gasteiger partial charge in [-0.15, -0.1) is 0 Å². The minimum absolute atomic E-state index is 0.0671. The zero-order chi connectivity index (χ0) is 16.8. The summed E-state index contributed by atoms with van der Waals surface area (Å²) in [5.41, 5.74) is 12.3. The van der Waals surface area contributed by atoms with Crippen molar-refractivity contribution in [2.75, 3.05) is 19.6 Å². The summed E-state index contributed by atoms with van der Waals surface area (Å²) in [6.07, 6.45) is 1.38. The topological polar surface area (TPSA) is 101 Å². The average molecular weight is 318 g/mol. The number of carbonyl (C=O) groups is 2. The van der Waals surface area contributed by atoms with Gasteiger partial charge in [-0.25, -0.2) is 4.79 Å². The quantitative estimate of drug-likeness (QED) is 0.730. The predicted molar refractivity (Wildman–Crippen MR) is 89.7 cm³/mol. The lowest BCUT2D eigenvalue weighted by Gasteiger charge is -2.23. The summed E-state index contributed by atoms with van der Waals surface area (Å²) in [5, 5.41) is 2.56. The van der Waals surface area contributed by atoms with E-state index >= 15 is 0 Å². The molecule has 1 aromatic carbocycles. The van der Waals surface area contributed by atoms with Crippen molar-refractivity contribution in [3.8, 4) is 0 Å². The van der Waals surface area contributed by atoms with Gasteiger partial charge in [0, 0.05) is 19.0 Å². The van der Waals surface area contributed by atoms with Crippen LogP contribution in [0.4, 0.5) is 4.79 Å². The Morgan fingerprint density at radius 3 is 2.57 bits per heavy atom. The number of carbonyl (C=O) groups excluding carboxylic acids is 2. The summed E-state index contributed by atoms with van der Waals surface area (Å²) in [6.45, 7) is 3.76. The maximum atomic E-state index is 12.7. The molecular weight excluding hydrogens is 292 g/mol. The Morgan fingerprint density at radius 2 is 2.00 bits per heavy atom. The molecule has 1 fully saturated rings. The fraction of sp³-hybridized carbons (Fsp3) is 0.529. The van der Waals surface area contributed by atoms with Crippen molar-refractivity contribution in [2.45, 2.75) is 31.7 Å². The molecule has 1 saturated heterocycles. The zero-order valence-electron chi connectivity index (χ0n) is 13.6. The molecule has 0 radical (unpaired) electrons. The Kier molecular flexibility index (Phi) is 5.98. The Balaban J connectivity index is 2.11. The third kappa shape index (κ3) is 4.22.